The largest absolute Gasteiger partial charge is 0.693 e. The minimum Gasteiger partial charge on any atom is -0.465 e. The molecule has 1 aliphatic rings. The van der Waals surface area contributed by atoms with E-state index in [4.69, 9.17) is 18.8 Å². The first kappa shape index (κ1) is 26.6. The fourth-order valence-corrected chi connectivity index (χ4v) is 4.30. The minimum absolute atomic E-state index is 0.0631. The molecule has 0 bridgehead atoms. The van der Waals surface area contributed by atoms with E-state index in [2.05, 4.69) is 0 Å². The van der Waals surface area contributed by atoms with Crippen LogP contribution in [0.15, 0.2) is 52.2 Å². The zero-order valence-electron chi connectivity index (χ0n) is 19.2. The van der Waals surface area contributed by atoms with Crippen LogP contribution in [0.4, 0.5) is 4.39 Å². The second kappa shape index (κ2) is 11.2. The van der Waals surface area contributed by atoms with Gasteiger partial charge in [0.2, 0.25) is 0 Å². The quantitative estimate of drug-likeness (QED) is 0.271. The number of nitrogens with one attached hydrogen (secondary N) is 1. The van der Waals surface area contributed by atoms with Crippen LogP contribution in [0.2, 0.25) is 0 Å². The summed E-state index contributed by atoms with van der Waals surface area (Å²) in [5, 5.41) is 10.5. The van der Waals surface area contributed by atoms with Gasteiger partial charge in [-0.3, -0.25) is 24.0 Å². The molecule has 1 saturated heterocycles. The number of carbonyl (C=O) groups excluding carboxylic acids is 1. The van der Waals surface area contributed by atoms with E-state index < -0.39 is 62.2 Å². The Hall–Kier alpha value is -2.96. The monoisotopic (exact) mass is 514 g/mol. The van der Waals surface area contributed by atoms with E-state index in [0.29, 0.717) is 0 Å². The number of nitrogens with zero attached hydrogens (tertiary/aromatic N) is 2. The van der Waals surface area contributed by atoms with Gasteiger partial charge in [-0.25, -0.2) is 13.7 Å². The van der Waals surface area contributed by atoms with Gasteiger partial charge >= 0.3 is 19.8 Å². The molecule has 1 unspecified atom stereocenters. The number of H-pyrrole nitrogens is 1. The molecular formula is C21H26FN3O9P+. The van der Waals surface area contributed by atoms with Gasteiger partial charge in [0.1, 0.15) is 18.8 Å². The SMILES string of the molecule is CCOC(=O)[C@H](C)N(OC[C@H]1O[C@@H](n2ccc(=O)[nH]c2=O)[C@](C)(F)[C@@H]1O)[P+](=O)Oc1ccccc1. The number of aliphatic hydroxyl groups excluding tert-OH is 1. The summed E-state index contributed by atoms with van der Waals surface area (Å²) in [5.74, 6) is -0.516. The maximum Gasteiger partial charge on any atom is 0.693 e. The average molecular weight is 514 g/mol. The molecule has 6 atom stereocenters. The number of esters is 1. The lowest BCUT2D eigenvalue weighted by Crippen LogP contribution is -2.44. The van der Waals surface area contributed by atoms with Crippen molar-refractivity contribution in [3.05, 3.63) is 63.4 Å². The number of aromatic nitrogens is 2. The summed E-state index contributed by atoms with van der Waals surface area (Å²) in [6.07, 6.45) is -3.68. The van der Waals surface area contributed by atoms with Crippen LogP contribution in [0.5, 0.6) is 5.75 Å². The van der Waals surface area contributed by atoms with Crippen LogP contribution in [0.1, 0.15) is 27.0 Å². The van der Waals surface area contributed by atoms with Gasteiger partial charge in [0.25, 0.3) is 5.56 Å². The number of para-hydroxylation sites is 1. The molecule has 1 aliphatic heterocycles. The molecule has 1 fully saturated rings. The molecule has 0 aliphatic carbocycles. The third kappa shape index (κ3) is 6.00. The number of ether oxygens (including phenoxy) is 2. The Labute approximate surface area is 200 Å². The number of benzene rings is 1. The number of aliphatic hydroxyl groups is 1. The van der Waals surface area contributed by atoms with Gasteiger partial charge in [-0.2, -0.15) is 0 Å². The maximum atomic E-state index is 15.4. The van der Waals surface area contributed by atoms with Crippen molar-refractivity contribution in [3.8, 4) is 5.75 Å². The first-order chi connectivity index (χ1) is 16.6. The van der Waals surface area contributed by atoms with Crippen molar-refractivity contribution in [1.29, 1.82) is 0 Å². The highest BCUT2D eigenvalue weighted by molar-refractivity contribution is 7.36. The Morgan fingerprint density at radius 1 is 1.34 bits per heavy atom. The first-order valence-corrected chi connectivity index (χ1v) is 11.8. The standard InChI is InChI=1S/C21H25FN3O9P/c1-4-31-18(28)13(2)25(35(30)34-14-8-6-5-7-9-14)32-12-15-17(27)21(3,22)19(33-15)24-11-10-16(26)23-20(24)29/h5-11,13,15,17,19,27H,4,12H2,1-3H3/p+1/t13-,15+,17+,19+,21+/m0/s1. The highest BCUT2D eigenvalue weighted by Crippen LogP contribution is 2.41. The molecule has 1 aromatic carbocycles. The lowest BCUT2D eigenvalue weighted by Gasteiger charge is -2.24. The van der Waals surface area contributed by atoms with Crippen molar-refractivity contribution in [2.24, 2.45) is 0 Å². The third-order valence-corrected chi connectivity index (χ3v) is 6.39. The van der Waals surface area contributed by atoms with Crippen LogP contribution in [0.25, 0.3) is 0 Å². The summed E-state index contributed by atoms with van der Waals surface area (Å²) >= 11 is 0. The molecule has 0 spiro atoms. The summed E-state index contributed by atoms with van der Waals surface area (Å²) in [6, 6.07) is 7.94. The Morgan fingerprint density at radius 3 is 2.66 bits per heavy atom. The number of halogens is 1. The Kier molecular flexibility index (Phi) is 8.51. The third-order valence-electron chi connectivity index (χ3n) is 5.24. The molecule has 2 heterocycles. The number of aromatic amines is 1. The smallest absolute Gasteiger partial charge is 0.465 e. The molecule has 0 amide bonds. The van der Waals surface area contributed by atoms with Gasteiger partial charge in [0.05, 0.1) is 11.4 Å². The van der Waals surface area contributed by atoms with Crippen LogP contribution in [-0.2, 0) is 23.7 Å². The molecule has 0 saturated carbocycles. The van der Waals surface area contributed by atoms with Crippen LogP contribution < -0.4 is 15.8 Å². The number of carbonyl (C=O) groups is 1. The summed E-state index contributed by atoms with van der Waals surface area (Å²) in [5.41, 5.74) is -4.08. The average Bonchev–Trinajstić information content (AvgIpc) is 3.03. The van der Waals surface area contributed by atoms with Crippen molar-refractivity contribution in [3.63, 3.8) is 0 Å². The van der Waals surface area contributed by atoms with E-state index in [1.807, 2.05) is 4.98 Å². The molecule has 0 radical (unpaired) electrons. The van der Waals surface area contributed by atoms with Crippen molar-refractivity contribution < 1.29 is 37.7 Å². The second-order valence-electron chi connectivity index (χ2n) is 7.81. The number of hydrogen-bond donors (Lipinski definition) is 2. The van der Waals surface area contributed by atoms with Gasteiger partial charge in [-0.15, -0.1) is 0 Å². The summed E-state index contributed by atoms with van der Waals surface area (Å²) in [7, 11) is -2.79. The van der Waals surface area contributed by atoms with Crippen molar-refractivity contribution in [2.45, 2.75) is 50.9 Å². The highest BCUT2D eigenvalue weighted by Gasteiger charge is 2.56. The van der Waals surface area contributed by atoms with Crippen molar-refractivity contribution in [2.75, 3.05) is 13.2 Å². The topological polar surface area (TPSA) is 149 Å². The van der Waals surface area contributed by atoms with Gasteiger partial charge in [-0.05, 0) is 32.9 Å². The second-order valence-corrected chi connectivity index (χ2v) is 8.86. The Bertz CT molecular complexity index is 1160. The molecule has 3 rings (SSSR count). The number of alkyl halides is 1. The Balaban J connectivity index is 1.78. The fraction of sp³-hybridized carbons (Fsp3) is 0.476. The van der Waals surface area contributed by atoms with E-state index >= 15 is 4.39 Å². The zero-order chi connectivity index (χ0) is 25.8. The lowest BCUT2D eigenvalue weighted by molar-refractivity contribution is -0.180. The van der Waals surface area contributed by atoms with E-state index in [0.717, 1.165) is 28.6 Å². The normalized spacial score (nSPS) is 25.3. The van der Waals surface area contributed by atoms with Crippen LogP contribution >= 0.6 is 8.18 Å². The van der Waals surface area contributed by atoms with Crippen LogP contribution in [-0.4, -0.2) is 62.6 Å². The summed E-state index contributed by atoms with van der Waals surface area (Å²) in [6.45, 7) is 3.50. The molecule has 2 N–H and O–H groups in total. The maximum absolute atomic E-state index is 15.4. The van der Waals surface area contributed by atoms with E-state index in [-0.39, 0.29) is 12.4 Å². The molecule has 2 aromatic rings. The highest BCUT2D eigenvalue weighted by atomic mass is 31.1. The Morgan fingerprint density at radius 2 is 2.03 bits per heavy atom. The van der Waals surface area contributed by atoms with E-state index in [1.165, 1.54) is 6.92 Å². The van der Waals surface area contributed by atoms with Crippen LogP contribution in [0, 0.1) is 0 Å². The molecule has 190 valence electrons. The van der Waals surface area contributed by atoms with E-state index in [9.17, 15) is 24.1 Å². The zero-order valence-corrected chi connectivity index (χ0v) is 20.1. The summed E-state index contributed by atoms with van der Waals surface area (Å²) in [4.78, 5) is 44.0. The molecule has 12 nitrogen and oxygen atoms in total. The van der Waals surface area contributed by atoms with Gasteiger partial charge in [-0.1, -0.05) is 18.2 Å². The van der Waals surface area contributed by atoms with Gasteiger partial charge in [0, 0.05) is 16.8 Å². The summed E-state index contributed by atoms with van der Waals surface area (Å²) < 4.78 is 45.0. The molecular weight excluding hydrogens is 488 g/mol. The lowest BCUT2D eigenvalue weighted by atomic mass is 9.98. The fourth-order valence-electron chi connectivity index (χ4n) is 3.38. The van der Waals surface area contributed by atoms with Gasteiger partial charge in [0.15, 0.2) is 23.7 Å². The first-order valence-electron chi connectivity index (χ1n) is 10.7. The molecule has 1 aromatic heterocycles. The predicted octanol–water partition coefficient (Wildman–Crippen LogP) is 1.44. The molecule has 14 heteroatoms. The van der Waals surface area contributed by atoms with Crippen molar-refractivity contribution in [1.82, 2.24) is 14.4 Å². The predicted molar refractivity (Wildman–Crippen MR) is 119 cm³/mol. The molecule has 35 heavy (non-hydrogen) atoms. The van der Waals surface area contributed by atoms with Crippen LogP contribution in [0.3, 0.4) is 0 Å². The van der Waals surface area contributed by atoms with Gasteiger partial charge < -0.3 is 14.6 Å². The van der Waals surface area contributed by atoms with E-state index in [1.54, 1.807) is 37.3 Å². The number of hydroxylamine groups is 1. The number of hydrogen-bond acceptors (Lipinski definition) is 9. The van der Waals surface area contributed by atoms with Crippen molar-refractivity contribution >= 4 is 14.1 Å². The minimum atomic E-state index is -2.79. The number of rotatable bonds is 10.